The van der Waals surface area contributed by atoms with E-state index in [1.54, 1.807) is 36.5 Å². The molecule has 226 valence electrons. The van der Waals surface area contributed by atoms with Gasteiger partial charge in [-0.1, -0.05) is 75.7 Å². The van der Waals surface area contributed by atoms with Gasteiger partial charge in [-0.15, -0.1) is 0 Å². The minimum absolute atomic E-state index is 0.0984. The van der Waals surface area contributed by atoms with Gasteiger partial charge in [0.2, 0.25) is 0 Å². The molecule has 4 rings (SSSR count). The number of amides is 1. The highest BCUT2D eigenvalue weighted by Gasteiger charge is 2.24. The first kappa shape index (κ1) is 31.7. The molecule has 0 bridgehead atoms. The summed E-state index contributed by atoms with van der Waals surface area (Å²) in [5, 5.41) is 3.79. The maximum absolute atomic E-state index is 13.2. The van der Waals surface area contributed by atoms with Gasteiger partial charge in [0.05, 0.1) is 29.8 Å². The predicted octanol–water partition coefficient (Wildman–Crippen LogP) is 7.21. The number of fused-ring (bicyclic) bond motifs is 2. The van der Waals surface area contributed by atoms with Crippen LogP contribution in [0.1, 0.15) is 15.9 Å². The van der Waals surface area contributed by atoms with E-state index in [9.17, 15) is 19.2 Å². The summed E-state index contributed by atoms with van der Waals surface area (Å²) in [4.78, 5) is 51.8. The van der Waals surface area contributed by atoms with Crippen molar-refractivity contribution in [2.24, 2.45) is 0 Å². The van der Waals surface area contributed by atoms with Crippen molar-refractivity contribution in [3.8, 4) is 0 Å². The van der Waals surface area contributed by atoms with Gasteiger partial charge in [0.1, 0.15) is 0 Å². The Morgan fingerprint density at radius 1 is 0.721 bits per heavy atom. The minimum Gasteiger partial charge on any atom is -0.449 e. The third-order valence-electron chi connectivity index (χ3n) is 6.93. The zero-order valence-electron chi connectivity index (χ0n) is 25.6. The summed E-state index contributed by atoms with van der Waals surface area (Å²) in [6, 6.07) is 15.9. The summed E-state index contributed by atoms with van der Waals surface area (Å²) < 4.78 is 13.7. The van der Waals surface area contributed by atoms with E-state index in [0.29, 0.717) is 35.2 Å². The largest absolute Gasteiger partial charge is 0.449 e. The quantitative estimate of drug-likeness (QED) is 0.114. The highest BCUT2D eigenvalue weighted by Crippen LogP contribution is 2.24. The molecule has 0 aliphatic heterocycles. The fourth-order valence-corrected chi connectivity index (χ4v) is 5.85. The van der Waals surface area contributed by atoms with Crippen molar-refractivity contribution in [3.05, 3.63) is 78.3 Å². The number of para-hydroxylation sites is 2. The molecule has 0 saturated heterocycles. The average Bonchev–Trinajstić information content (AvgIpc) is 3.50. The molecule has 4 aromatic rings. The normalized spacial score (nSPS) is 12.1. The van der Waals surface area contributed by atoms with Crippen molar-refractivity contribution in [1.82, 2.24) is 14.5 Å². The van der Waals surface area contributed by atoms with Crippen LogP contribution < -0.4 is 5.32 Å². The number of benzene rings is 2. The maximum Gasteiger partial charge on any atom is 0.418 e. The summed E-state index contributed by atoms with van der Waals surface area (Å²) in [7, 11) is -2.75. The Labute approximate surface area is 253 Å². The number of ketones is 1. The van der Waals surface area contributed by atoms with Crippen LogP contribution in [-0.2, 0) is 14.3 Å². The molecule has 0 fully saturated rings. The molecule has 2 heterocycles. The Morgan fingerprint density at radius 3 is 1.77 bits per heavy atom. The van der Waals surface area contributed by atoms with Crippen LogP contribution in [0.3, 0.4) is 0 Å². The van der Waals surface area contributed by atoms with Gasteiger partial charge in [0.15, 0.2) is 0 Å². The van der Waals surface area contributed by atoms with E-state index in [-0.39, 0.29) is 5.56 Å². The molecule has 43 heavy (non-hydrogen) atoms. The molecule has 0 atom stereocenters. The standard InChI is InChI=1S/C32H39N3O6Si2/c1-42(2,3)19-17-40-31(38)34-21-23(24-11-7-9-13-27(24)34)15-16-33-30(37)29(36)26-22-35(28-14-10-8-12-25(26)28)32(39)41-18-20-43(4,5)6/h7-16,21-22H,17-20H2,1-6H3,(H,33,37)/b16-15+. The van der Waals surface area contributed by atoms with Crippen LogP contribution in [0, 0.1) is 0 Å². The lowest BCUT2D eigenvalue weighted by atomic mass is 10.1. The molecule has 0 spiro atoms. The van der Waals surface area contributed by atoms with Gasteiger partial charge in [-0.3, -0.25) is 18.7 Å². The molecule has 11 heteroatoms. The van der Waals surface area contributed by atoms with Crippen molar-refractivity contribution in [1.29, 1.82) is 0 Å². The number of carbonyl (C=O) groups excluding carboxylic acids is 4. The van der Waals surface area contributed by atoms with Crippen LogP contribution in [0.2, 0.25) is 51.4 Å². The van der Waals surface area contributed by atoms with Gasteiger partial charge in [0, 0.05) is 51.1 Å². The molecule has 1 amide bonds. The SMILES string of the molecule is C[Si](C)(C)CCOC(=O)n1cc(/C=C/NC(=O)C(=O)c2cn(C(=O)OCC[Si](C)(C)C)c3ccccc23)c2ccccc21. The smallest absolute Gasteiger partial charge is 0.418 e. The van der Waals surface area contributed by atoms with E-state index in [4.69, 9.17) is 9.47 Å². The van der Waals surface area contributed by atoms with Crippen molar-refractivity contribution < 1.29 is 28.7 Å². The number of ether oxygens (including phenoxy) is 2. The molecule has 0 unspecified atom stereocenters. The van der Waals surface area contributed by atoms with E-state index in [1.807, 2.05) is 24.3 Å². The second-order valence-electron chi connectivity index (χ2n) is 12.9. The number of Topliss-reactive ketones (excluding diaryl/α,β-unsaturated/α-hetero) is 1. The minimum atomic E-state index is -1.40. The van der Waals surface area contributed by atoms with E-state index in [1.165, 1.54) is 21.5 Å². The summed E-state index contributed by atoms with van der Waals surface area (Å²) in [5.41, 5.74) is 1.92. The Kier molecular flexibility index (Phi) is 9.56. The number of carbonyl (C=O) groups is 4. The molecule has 1 N–H and O–H groups in total. The van der Waals surface area contributed by atoms with Crippen LogP contribution in [0.5, 0.6) is 0 Å². The highest BCUT2D eigenvalue weighted by molar-refractivity contribution is 6.76. The van der Waals surface area contributed by atoms with Crippen molar-refractivity contribution in [2.45, 2.75) is 51.4 Å². The van der Waals surface area contributed by atoms with Gasteiger partial charge >= 0.3 is 12.2 Å². The van der Waals surface area contributed by atoms with E-state index < -0.39 is 40.0 Å². The lowest BCUT2D eigenvalue weighted by Crippen LogP contribution is -2.26. The van der Waals surface area contributed by atoms with Crippen molar-refractivity contribution in [2.75, 3.05) is 13.2 Å². The molecule has 0 aliphatic rings. The number of aromatic nitrogens is 2. The number of rotatable bonds is 10. The Hall–Kier alpha value is -4.23. The van der Waals surface area contributed by atoms with Gasteiger partial charge in [-0.25, -0.2) is 9.59 Å². The van der Waals surface area contributed by atoms with Crippen LogP contribution in [0.4, 0.5) is 9.59 Å². The molecule has 9 nitrogen and oxygen atoms in total. The lowest BCUT2D eigenvalue weighted by molar-refractivity contribution is -0.116. The molecule has 0 radical (unpaired) electrons. The van der Waals surface area contributed by atoms with Crippen LogP contribution >= 0.6 is 0 Å². The van der Waals surface area contributed by atoms with Crippen molar-refractivity contribution in [3.63, 3.8) is 0 Å². The molecular formula is C32H39N3O6Si2. The number of nitrogens with zero attached hydrogens (tertiary/aromatic N) is 2. The number of hydrogen-bond donors (Lipinski definition) is 1. The maximum atomic E-state index is 13.2. The van der Waals surface area contributed by atoms with E-state index >= 15 is 0 Å². The zero-order valence-corrected chi connectivity index (χ0v) is 27.6. The number of nitrogens with one attached hydrogen (secondary N) is 1. The first-order valence-electron chi connectivity index (χ1n) is 14.3. The summed E-state index contributed by atoms with van der Waals surface area (Å²) in [5.74, 6) is -1.65. The topological polar surface area (TPSA) is 109 Å². The Bertz CT molecular complexity index is 1710. The fraction of sp³-hybridized carbons (Fsp3) is 0.312. The molecule has 0 aliphatic carbocycles. The van der Waals surface area contributed by atoms with Gasteiger partial charge in [-0.2, -0.15) is 0 Å². The Balaban J connectivity index is 1.49. The molecule has 0 saturated carbocycles. The van der Waals surface area contributed by atoms with Gasteiger partial charge in [0.25, 0.3) is 11.7 Å². The lowest BCUT2D eigenvalue weighted by Gasteiger charge is -2.15. The molecular weight excluding hydrogens is 579 g/mol. The third kappa shape index (κ3) is 7.99. The summed E-state index contributed by atoms with van der Waals surface area (Å²) >= 11 is 0. The van der Waals surface area contributed by atoms with Crippen LogP contribution in [-0.4, -0.2) is 62.4 Å². The third-order valence-corrected chi connectivity index (χ3v) is 10.3. The predicted molar refractivity (Wildman–Crippen MR) is 175 cm³/mol. The zero-order chi connectivity index (χ0) is 31.4. The highest BCUT2D eigenvalue weighted by atomic mass is 28.3. The van der Waals surface area contributed by atoms with E-state index in [2.05, 4.69) is 44.6 Å². The Morgan fingerprint density at radius 2 is 1.21 bits per heavy atom. The van der Waals surface area contributed by atoms with Gasteiger partial charge in [-0.05, 0) is 30.3 Å². The van der Waals surface area contributed by atoms with E-state index in [0.717, 1.165) is 17.5 Å². The van der Waals surface area contributed by atoms with Crippen molar-refractivity contribution >= 4 is 67.9 Å². The van der Waals surface area contributed by atoms with Crippen LogP contribution in [0.15, 0.2) is 67.1 Å². The van der Waals surface area contributed by atoms with Gasteiger partial charge < -0.3 is 14.8 Å². The summed E-state index contributed by atoms with van der Waals surface area (Å²) in [6.45, 7) is 13.9. The summed E-state index contributed by atoms with van der Waals surface area (Å²) in [6.07, 6.45) is 4.93. The first-order valence-corrected chi connectivity index (χ1v) is 21.7. The second-order valence-corrected chi connectivity index (χ2v) is 24.1. The fourth-order valence-electron chi connectivity index (χ4n) is 4.42. The molecule has 2 aromatic heterocycles. The first-order chi connectivity index (χ1) is 20.2. The second kappa shape index (κ2) is 13.0. The number of hydrogen-bond acceptors (Lipinski definition) is 6. The average molecular weight is 618 g/mol. The molecule has 2 aromatic carbocycles. The van der Waals surface area contributed by atoms with Crippen LogP contribution in [0.25, 0.3) is 27.9 Å². The monoisotopic (exact) mass is 617 g/mol.